The van der Waals surface area contributed by atoms with Crippen LogP contribution in [0, 0.1) is 6.92 Å². The number of amides is 1. The number of carbonyl (C=O) groups is 1. The van der Waals surface area contributed by atoms with Crippen LogP contribution in [0.4, 0.5) is 0 Å². The Bertz CT molecular complexity index is 535. The van der Waals surface area contributed by atoms with Gasteiger partial charge in [-0.1, -0.05) is 23.8 Å². The molecule has 0 unspecified atom stereocenters. The second-order valence-corrected chi connectivity index (χ2v) is 4.92. The van der Waals surface area contributed by atoms with Gasteiger partial charge in [-0.25, -0.2) is 0 Å². The van der Waals surface area contributed by atoms with E-state index in [-0.39, 0.29) is 5.91 Å². The fourth-order valence-corrected chi connectivity index (χ4v) is 2.36. The molecule has 0 aliphatic carbocycles. The number of ether oxygens (including phenoxy) is 1. The van der Waals surface area contributed by atoms with Crippen LogP contribution in [0.15, 0.2) is 35.7 Å². The maximum Gasteiger partial charge on any atom is 0.261 e. The summed E-state index contributed by atoms with van der Waals surface area (Å²) in [5.41, 5.74) is 2.14. The van der Waals surface area contributed by atoms with Crippen LogP contribution in [-0.4, -0.2) is 13.0 Å². The van der Waals surface area contributed by atoms with E-state index in [1.807, 2.05) is 42.6 Å². The third-order valence-corrected chi connectivity index (χ3v) is 3.49. The van der Waals surface area contributed by atoms with Gasteiger partial charge in [0.1, 0.15) is 5.75 Å². The molecule has 0 atom stereocenters. The van der Waals surface area contributed by atoms with Crippen molar-refractivity contribution in [3.8, 4) is 5.75 Å². The normalized spacial score (nSPS) is 10.1. The average Bonchev–Trinajstić information content (AvgIpc) is 2.90. The Labute approximate surface area is 110 Å². The summed E-state index contributed by atoms with van der Waals surface area (Å²) < 4.78 is 5.27. The number of hydrogen-bond donors (Lipinski definition) is 1. The molecule has 94 valence electrons. The molecule has 0 aliphatic rings. The molecule has 0 aliphatic heterocycles. The standard InChI is InChI=1S/C14H15NO2S/c1-10-5-6-12(17-2)11(8-10)9-15-14(16)13-4-3-7-18-13/h3-8H,9H2,1-2H3,(H,15,16). The van der Waals surface area contributed by atoms with Crippen molar-refractivity contribution in [3.05, 3.63) is 51.7 Å². The highest BCUT2D eigenvalue weighted by atomic mass is 32.1. The molecule has 0 spiro atoms. The predicted molar refractivity (Wildman–Crippen MR) is 73.2 cm³/mol. The number of thiophene rings is 1. The summed E-state index contributed by atoms with van der Waals surface area (Å²) >= 11 is 1.44. The fraction of sp³-hybridized carbons (Fsp3) is 0.214. The quantitative estimate of drug-likeness (QED) is 0.918. The van der Waals surface area contributed by atoms with E-state index in [1.165, 1.54) is 11.3 Å². The van der Waals surface area contributed by atoms with Gasteiger partial charge in [-0.3, -0.25) is 4.79 Å². The van der Waals surface area contributed by atoms with Crippen LogP contribution >= 0.6 is 11.3 Å². The maximum atomic E-state index is 11.8. The lowest BCUT2D eigenvalue weighted by Crippen LogP contribution is -2.22. The Morgan fingerprint density at radius 1 is 1.39 bits per heavy atom. The number of carbonyl (C=O) groups excluding carboxylic acids is 1. The Hall–Kier alpha value is -1.81. The van der Waals surface area contributed by atoms with Crippen LogP contribution < -0.4 is 10.1 Å². The van der Waals surface area contributed by atoms with Gasteiger partial charge >= 0.3 is 0 Å². The number of benzene rings is 1. The first kappa shape index (κ1) is 12.6. The molecular formula is C14H15NO2S. The van der Waals surface area contributed by atoms with E-state index in [0.29, 0.717) is 6.54 Å². The Kier molecular flexibility index (Phi) is 3.99. The molecule has 0 bridgehead atoms. The molecule has 4 heteroatoms. The summed E-state index contributed by atoms with van der Waals surface area (Å²) in [7, 11) is 1.63. The highest BCUT2D eigenvalue weighted by molar-refractivity contribution is 7.12. The van der Waals surface area contributed by atoms with E-state index in [4.69, 9.17) is 4.74 Å². The van der Waals surface area contributed by atoms with E-state index in [2.05, 4.69) is 5.32 Å². The largest absolute Gasteiger partial charge is 0.496 e. The number of aryl methyl sites for hydroxylation is 1. The van der Waals surface area contributed by atoms with Gasteiger partial charge in [-0.15, -0.1) is 11.3 Å². The van der Waals surface area contributed by atoms with Crippen molar-refractivity contribution in [1.29, 1.82) is 0 Å². The van der Waals surface area contributed by atoms with Crippen molar-refractivity contribution < 1.29 is 9.53 Å². The Balaban J connectivity index is 2.06. The Morgan fingerprint density at radius 3 is 2.89 bits per heavy atom. The first-order valence-corrected chi connectivity index (χ1v) is 6.54. The third kappa shape index (κ3) is 2.90. The van der Waals surface area contributed by atoms with E-state index in [9.17, 15) is 4.79 Å². The van der Waals surface area contributed by atoms with Crippen molar-refractivity contribution >= 4 is 17.2 Å². The maximum absolute atomic E-state index is 11.8. The summed E-state index contributed by atoms with van der Waals surface area (Å²) in [4.78, 5) is 12.5. The molecule has 0 fully saturated rings. The molecule has 1 heterocycles. The second-order valence-electron chi connectivity index (χ2n) is 3.98. The minimum Gasteiger partial charge on any atom is -0.496 e. The van der Waals surface area contributed by atoms with E-state index in [1.54, 1.807) is 7.11 Å². The molecule has 2 aromatic rings. The van der Waals surface area contributed by atoms with Crippen molar-refractivity contribution in [2.24, 2.45) is 0 Å². The Morgan fingerprint density at radius 2 is 2.22 bits per heavy atom. The summed E-state index contributed by atoms with van der Waals surface area (Å²) in [6.07, 6.45) is 0. The molecule has 1 aromatic carbocycles. The van der Waals surface area contributed by atoms with Crippen molar-refractivity contribution in [2.75, 3.05) is 7.11 Å². The molecule has 1 aromatic heterocycles. The minimum atomic E-state index is -0.0476. The van der Waals surface area contributed by atoms with E-state index in [0.717, 1.165) is 21.8 Å². The molecule has 1 amide bonds. The summed E-state index contributed by atoms with van der Waals surface area (Å²) in [6, 6.07) is 9.61. The van der Waals surface area contributed by atoms with Crippen LogP contribution in [0.2, 0.25) is 0 Å². The van der Waals surface area contributed by atoms with Gasteiger partial charge < -0.3 is 10.1 Å². The molecule has 18 heavy (non-hydrogen) atoms. The van der Waals surface area contributed by atoms with Crippen LogP contribution in [0.3, 0.4) is 0 Å². The summed E-state index contributed by atoms with van der Waals surface area (Å²) in [5.74, 6) is 0.751. The van der Waals surface area contributed by atoms with Crippen LogP contribution in [-0.2, 0) is 6.54 Å². The SMILES string of the molecule is COc1ccc(C)cc1CNC(=O)c1cccs1. The van der Waals surface area contributed by atoms with Gasteiger partial charge in [0.25, 0.3) is 5.91 Å². The zero-order valence-electron chi connectivity index (χ0n) is 10.4. The molecule has 0 radical (unpaired) electrons. The lowest BCUT2D eigenvalue weighted by Gasteiger charge is -2.10. The number of hydrogen-bond acceptors (Lipinski definition) is 3. The van der Waals surface area contributed by atoms with Gasteiger partial charge in [-0.05, 0) is 24.4 Å². The van der Waals surface area contributed by atoms with Gasteiger partial charge in [0, 0.05) is 12.1 Å². The molecule has 0 saturated heterocycles. The first-order chi connectivity index (χ1) is 8.70. The third-order valence-electron chi connectivity index (χ3n) is 2.62. The molecule has 3 nitrogen and oxygen atoms in total. The zero-order chi connectivity index (χ0) is 13.0. The van der Waals surface area contributed by atoms with Gasteiger partial charge in [0.05, 0.1) is 12.0 Å². The summed E-state index contributed by atoms with van der Waals surface area (Å²) in [5, 5.41) is 4.79. The molecule has 0 saturated carbocycles. The molecular weight excluding hydrogens is 246 g/mol. The highest BCUT2D eigenvalue weighted by Gasteiger charge is 2.08. The molecule has 2 rings (SSSR count). The zero-order valence-corrected chi connectivity index (χ0v) is 11.2. The number of rotatable bonds is 4. The summed E-state index contributed by atoms with van der Waals surface area (Å²) in [6.45, 7) is 2.49. The van der Waals surface area contributed by atoms with Gasteiger partial charge in [0.15, 0.2) is 0 Å². The number of nitrogens with one attached hydrogen (secondary N) is 1. The first-order valence-electron chi connectivity index (χ1n) is 5.66. The fourth-order valence-electron chi connectivity index (χ4n) is 1.72. The predicted octanol–water partition coefficient (Wildman–Crippen LogP) is 3.00. The second kappa shape index (κ2) is 5.69. The smallest absolute Gasteiger partial charge is 0.261 e. The van der Waals surface area contributed by atoms with Crippen molar-refractivity contribution in [2.45, 2.75) is 13.5 Å². The van der Waals surface area contributed by atoms with Crippen molar-refractivity contribution in [1.82, 2.24) is 5.32 Å². The highest BCUT2D eigenvalue weighted by Crippen LogP contribution is 2.19. The van der Waals surface area contributed by atoms with E-state index < -0.39 is 0 Å². The lowest BCUT2D eigenvalue weighted by atomic mass is 10.1. The average molecular weight is 261 g/mol. The number of methoxy groups -OCH3 is 1. The van der Waals surface area contributed by atoms with Crippen LogP contribution in [0.1, 0.15) is 20.8 Å². The minimum absolute atomic E-state index is 0.0476. The lowest BCUT2D eigenvalue weighted by molar-refractivity contribution is 0.0954. The monoisotopic (exact) mass is 261 g/mol. The van der Waals surface area contributed by atoms with Crippen LogP contribution in [0.5, 0.6) is 5.75 Å². The van der Waals surface area contributed by atoms with Gasteiger partial charge in [0.2, 0.25) is 0 Å². The van der Waals surface area contributed by atoms with Gasteiger partial charge in [-0.2, -0.15) is 0 Å². The molecule has 1 N–H and O–H groups in total. The van der Waals surface area contributed by atoms with Crippen molar-refractivity contribution in [3.63, 3.8) is 0 Å². The van der Waals surface area contributed by atoms with Crippen LogP contribution in [0.25, 0.3) is 0 Å². The van der Waals surface area contributed by atoms with E-state index >= 15 is 0 Å². The topological polar surface area (TPSA) is 38.3 Å².